The monoisotopic (exact) mass is 413 g/mol. The molecule has 29 heavy (non-hydrogen) atoms. The van der Waals surface area contributed by atoms with Crippen molar-refractivity contribution in [2.24, 2.45) is 0 Å². The number of rotatable bonds is 9. The van der Waals surface area contributed by atoms with Crippen molar-refractivity contribution in [1.82, 2.24) is 5.32 Å². The van der Waals surface area contributed by atoms with E-state index in [-0.39, 0.29) is 12.2 Å². The summed E-state index contributed by atoms with van der Waals surface area (Å²) in [5, 5.41) is 3.75. The van der Waals surface area contributed by atoms with Crippen molar-refractivity contribution in [2.45, 2.75) is 18.0 Å². The highest BCUT2D eigenvalue weighted by Gasteiger charge is 2.40. The van der Waals surface area contributed by atoms with E-state index in [2.05, 4.69) is 29.6 Å². The maximum absolute atomic E-state index is 13.1. The third kappa shape index (κ3) is 5.26. The van der Waals surface area contributed by atoms with Crippen LogP contribution in [0.5, 0.6) is 0 Å². The van der Waals surface area contributed by atoms with Crippen molar-refractivity contribution in [3.05, 3.63) is 95.8 Å². The van der Waals surface area contributed by atoms with Crippen LogP contribution in [0.4, 0.5) is 0 Å². The lowest BCUT2D eigenvalue weighted by atomic mass is 9.88. The Morgan fingerprint density at radius 3 is 1.93 bits per heavy atom. The van der Waals surface area contributed by atoms with Crippen molar-refractivity contribution in [3.63, 3.8) is 0 Å². The molecule has 2 aromatic rings. The Morgan fingerprint density at radius 1 is 0.966 bits per heavy atom. The molecule has 0 fully saturated rings. The fourth-order valence-corrected chi connectivity index (χ4v) is 4.99. The number of nitrogens with one attached hydrogen (secondary N) is 1. The van der Waals surface area contributed by atoms with E-state index in [0.717, 1.165) is 16.9 Å². The zero-order valence-corrected chi connectivity index (χ0v) is 18.0. The second kappa shape index (κ2) is 9.55. The lowest BCUT2D eigenvalue weighted by Crippen LogP contribution is -2.49. The Bertz CT molecular complexity index is 850. The molecule has 0 saturated carbocycles. The molecule has 0 heterocycles. The minimum atomic E-state index is -3.27. The molecular formula is C23H28NO4P. The molecule has 0 bridgehead atoms. The molecule has 1 aliphatic carbocycles. The molecule has 0 aromatic heterocycles. The molecule has 1 N–H and O–H groups in total. The van der Waals surface area contributed by atoms with Crippen LogP contribution in [0.3, 0.4) is 0 Å². The highest BCUT2D eigenvalue weighted by atomic mass is 31.2. The summed E-state index contributed by atoms with van der Waals surface area (Å²) >= 11 is 0. The topological polar surface area (TPSA) is 56.8 Å². The normalized spacial score (nSPS) is 19.2. The summed E-state index contributed by atoms with van der Waals surface area (Å²) in [5.41, 5.74) is 1.62. The summed E-state index contributed by atoms with van der Waals surface area (Å²) in [6.07, 6.45) is 6.71. The summed E-state index contributed by atoms with van der Waals surface area (Å²) in [6.45, 7) is 0. The van der Waals surface area contributed by atoms with Gasteiger partial charge in [0.1, 0.15) is 5.76 Å². The standard InChI is InChI=1S/C23H28NO4P/c1-26-21-14-16-23(17-15-21,18-29(25,27-2)28-3)24-22(19-10-6-4-7-11-19)20-12-8-5-9-13-20/h4-16,22,24H,17-18H2,1-3H3/t23-/m0/s1. The van der Waals surface area contributed by atoms with Gasteiger partial charge in [-0.25, -0.2) is 0 Å². The van der Waals surface area contributed by atoms with Gasteiger partial charge in [0.2, 0.25) is 0 Å². The first-order chi connectivity index (χ1) is 14.0. The SMILES string of the molecule is COC1=CC[C@@](CP(=O)(OC)OC)(NC(c2ccccc2)c2ccccc2)C=C1. The first-order valence-electron chi connectivity index (χ1n) is 9.54. The Labute approximate surface area is 172 Å². The maximum Gasteiger partial charge on any atom is 0.332 e. The van der Waals surface area contributed by atoms with Gasteiger partial charge in [-0.15, -0.1) is 0 Å². The molecule has 0 spiro atoms. The van der Waals surface area contributed by atoms with Gasteiger partial charge in [0.15, 0.2) is 0 Å². The van der Waals surface area contributed by atoms with E-state index in [1.165, 1.54) is 14.2 Å². The van der Waals surface area contributed by atoms with Crippen LogP contribution in [0.1, 0.15) is 23.6 Å². The van der Waals surface area contributed by atoms with Gasteiger partial charge in [0.25, 0.3) is 0 Å². The van der Waals surface area contributed by atoms with Crippen molar-refractivity contribution in [1.29, 1.82) is 0 Å². The van der Waals surface area contributed by atoms with Crippen LogP contribution in [0.15, 0.2) is 84.7 Å². The fraction of sp³-hybridized carbons (Fsp3) is 0.304. The average molecular weight is 413 g/mol. The zero-order chi connectivity index (χ0) is 20.7. The van der Waals surface area contributed by atoms with E-state index < -0.39 is 13.1 Å². The van der Waals surface area contributed by atoms with Crippen LogP contribution in [-0.4, -0.2) is 33.0 Å². The largest absolute Gasteiger partial charge is 0.497 e. The van der Waals surface area contributed by atoms with E-state index in [0.29, 0.717) is 6.42 Å². The quantitative estimate of drug-likeness (QED) is 0.581. The van der Waals surface area contributed by atoms with Crippen molar-refractivity contribution in [2.75, 3.05) is 27.5 Å². The lowest BCUT2D eigenvalue weighted by Gasteiger charge is -2.38. The number of ether oxygens (including phenoxy) is 1. The average Bonchev–Trinajstić information content (AvgIpc) is 2.79. The van der Waals surface area contributed by atoms with Crippen LogP contribution in [0.2, 0.25) is 0 Å². The molecule has 1 aliphatic rings. The second-order valence-corrected chi connectivity index (χ2v) is 9.31. The molecule has 0 radical (unpaired) electrons. The third-order valence-corrected chi connectivity index (χ3v) is 7.26. The molecule has 0 unspecified atom stereocenters. The number of hydrogen-bond acceptors (Lipinski definition) is 5. The minimum absolute atomic E-state index is 0.0956. The highest BCUT2D eigenvalue weighted by molar-refractivity contribution is 7.53. The van der Waals surface area contributed by atoms with Gasteiger partial charge < -0.3 is 13.8 Å². The summed E-state index contributed by atoms with van der Waals surface area (Å²) in [4.78, 5) is 0. The van der Waals surface area contributed by atoms with Gasteiger partial charge in [-0.2, -0.15) is 0 Å². The molecule has 3 rings (SSSR count). The molecule has 2 aromatic carbocycles. The van der Waals surface area contributed by atoms with E-state index in [1.807, 2.05) is 54.6 Å². The summed E-state index contributed by atoms with van der Waals surface area (Å²) in [6, 6.07) is 20.4. The van der Waals surface area contributed by atoms with Crippen LogP contribution >= 0.6 is 7.60 Å². The molecule has 154 valence electrons. The summed E-state index contributed by atoms with van der Waals surface area (Å²) in [7, 11) is 1.22. The smallest absolute Gasteiger partial charge is 0.332 e. The Kier molecular flexibility index (Phi) is 7.09. The fourth-order valence-electron chi connectivity index (χ4n) is 3.57. The molecule has 1 atom stereocenters. The zero-order valence-electron chi connectivity index (χ0n) is 17.1. The molecule has 0 amide bonds. The van der Waals surface area contributed by atoms with Crippen LogP contribution in [-0.2, 0) is 18.3 Å². The van der Waals surface area contributed by atoms with E-state index in [1.54, 1.807) is 7.11 Å². The van der Waals surface area contributed by atoms with Crippen LogP contribution in [0, 0.1) is 0 Å². The van der Waals surface area contributed by atoms with Gasteiger partial charge in [0.05, 0.1) is 24.9 Å². The number of hydrogen-bond donors (Lipinski definition) is 1. The Hall–Kier alpha value is -2.17. The van der Waals surface area contributed by atoms with Gasteiger partial charge in [-0.3, -0.25) is 9.88 Å². The maximum atomic E-state index is 13.1. The molecule has 0 saturated heterocycles. The van der Waals surface area contributed by atoms with Crippen LogP contribution < -0.4 is 5.32 Å². The number of benzene rings is 2. The molecule has 6 heteroatoms. The van der Waals surface area contributed by atoms with Crippen LogP contribution in [0.25, 0.3) is 0 Å². The van der Waals surface area contributed by atoms with E-state index >= 15 is 0 Å². The first-order valence-corrected chi connectivity index (χ1v) is 11.3. The van der Waals surface area contributed by atoms with Crippen molar-refractivity contribution in [3.8, 4) is 0 Å². The third-order valence-electron chi connectivity index (χ3n) is 5.20. The molecular weight excluding hydrogens is 385 g/mol. The first kappa shape index (κ1) is 21.5. The minimum Gasteiger partial charge on any atom is -0.497 e. The molecule has 0 aliphatic heterocycles. The Balaban J connectivity index is 2.01. The van der Waals surface area contributed by atoms with E-state index in [4.69, 9.17) is 13.8 Å². The summed E-state index contributed by atoms with van der Waals surface area (Å²) < 4.78 is 29.0. The van der Waals surface area contributed by atoms with Gasteiger partial charge >= 0.3 is 7.60 Å². The number of allylic oxidation sites excluding steroid dienone is 1. The highest BCUT2D eigenvalue weighted by Crippen LogP contribution is 2.51. The predicted molar refractivity (Wildman–Crippen MR) is 116 cm³/mol. The number of methoxy groups -OCH3 is 1. The molecule has 5 nitrogen and oxygen atoms in total. The summed E-state index contributed by atoms with van der Waals surface area (Å²) in [5.74, 6) is 0.781. The van der Waals surface area contributed by atoms with Gasteiger partial charge in [-0.1, -0.05) is 66.7 Å². The predicted octanol–water partition coefficient (Wildman–Crippen LogP) is 5.08. The van der Waals surface area contributed by atoms with Crippen molar-refractivity contribution >= 4 is 7.60 Å². The van der Waals surface area contributed by atoms with Gasteiger partial charge in [0, 0.05) is 14.2 Å². The second-order valence-electron chi connectivity index (χ2n) is 7.04. The van der Waals surface area contributed by atoms with Crippen molar-refractivity contribution < 1.29 is 18.3 Å². The Morgan fingerprint density at radius 2 is 1.52 bits per heavy atom. The lowest BCUT2D eigenvalue weighted by molar-refractivity contribution is 0.258. The van der Waals surface area contributed by atoms with Gasteiger partial charge in [-0.05, 0) is 29.7 Å². The van der Waals surface area contributed by atoms with E-state index in [9.17, 15) is 4.57 Å².